The number of hydrogen-bond acceptors (Lipinski definition) is 6. The van der Waals surface area contributed by atoms with Crippen LogP contribution in [0.1, 0.15) is 43.0 Å². The van der Waals surface area contributed by atoms with E-state index in [-0.39, 0.29) is 30.4 Å². The first-order chi connectivity index (χ1) is 15.0. The van der Waals surface area contributed by atoms with Crippen molar-refractivity contribution in [1.29, 1.82) is 0 Å². The summed E-state index contributed by atoms with van der Waals surface area (Å²) in [7, 11) is 0. The van der Waals surface area contributed by atoms with E-state index in [2.05, 4.69) is 10.2 Å². The van der Waals surface area contributed by atoms with Crippen LogP contribution in [-0.2, 0) is 14.3 Å². The lowest BCUT2D eigenvalue weighted by Crippen LogP contribution is -2.50. The van der Waals surface area contributed by atoms with Crippen molar-refractivity contribution in [1.82, 2.24) is 15.1 Å². The van der Waals surface area contributed by atoms with Crippen molar-refractivity contribution in [3.8, 4) is 5.75 Å². The molecule has 4 rings (SSSR count). The van der Waals surface area contributed by atoms with E-state index >= 15 is 0 Å². The fourth-order valence-corrected chi connectivity index (χ4v) is 4.64. The number of para-hydroxylation sites is 1. The quantitative estimate of drug-likeness (QED) is 0.758. The number of hydrogen-bond donors (Lipinski definition) is 1. The molecule has 3 heterocycles. The lowest BCUT2D eigenvalue weighted by atomic mass is 9.84. The number of nitrogens with one attached hydrogen (secondary N) is 1. The van der Waals surface area contributed by atoms with Crippen LogP contribution >= 0.6 is 0 Å². The third-order valence-electron chi connectivity index (χ3n) is 6.60. The number of ether oxygens (including phenoxy) is 2. The summed E-state index contributed by atoms with van der Waals surface area (Å²) < 4.78 is 11.6. The summed E-state index contributed by atoms with van der Waals surface area (Å²) in [5.74, 6) is 0.427. The molecule has 168 valence electrons. The number of Topliss-reactive ketones (excluding diaryl/α,β-unsaturated/α-hetero) is 1. The van der Waals surface area contributed by atoms with Gasteiger partial charge in [0, 0.05) is 45.6 Å². The lowest BCUT2D eigenvalue weighted by molar-refractivity contribution is -0.139. The van der Waals surface area contributed by atoms with Gasteiger partial charge < -0.3 is 19.7 Å². The Bertz CT molecular complexity index is 838. The molecule has 3 aliphatic rings. The van der Waals surface area contributed by atoms with Crippen LogP contribution < -0.4 is 10.1 Å². The van der Waals surface area contributed by atoms with Crippen LogP contribution in [0.4, 0.5) is 0 Å². The number of ketones is 1. The molecule has 2 fully saturated rings. The van der Waals surface area contributed by atoms with Crippen LogP contribution in [0.2, 0.25) is 0 Å². The Morgan fingerprint density at radius 3 is 2.74 bits per heavy atom. The third-order valence-corrected chi connectivity index (χ3v) is 6.60. The number of fused-ring (bicyclic) bond motifs is 1. The van der Waals surface area contributed by atoms with Crippen molar-refractivity contribution >= 4 is 17.6 Å². The minimum atomic E-state index is -0.678. The second-order valence-corrected chi connectivity index (χ2v) is 8.64. The number of rotatable bonds is 5. The third kappa shape index (κ3) is 4.91. The molecule has 1 aromatic rings. The van der Waals surface area contributed by atoms with E-state index in [9.17, 15) is 14.4 Å². The fraction of sp³-hybridized carbons (Fsp3) is 0.609. The van der Waals surface area contributed by atoms with Gasteiger partial charge in [-0.05, 0) is 25.5 Å². The van der Waals surface area contributed by atoms with Crippen molar-refractivity contribution in [3.63, 3.8) is 0 Å². The number of benzene rings is 1. The number of carbonyl (C=O) groups excluding carboxylic acids is 3. The maximum Gasteiger partial charge on any atom is 0.242 e. The summed E-state index contributed by atoms with van der Waals surface area (Å²) >= 11 is 0. The summed E-state index contributed by atoms with van der Waals surface area (Å²) in [5.41, 5.74) is -0.0730. The second kappa shape index (κ2) is 9.36. The average molecular weight is 430 g/mol. The minimum Gasteiger partial charge on any atom is -0.486 e. The molecule has 8 nitrogen and oxygen atoms in total. The van der Waals surface area contributed by atoms with Gasteiger partial charge in [-0.2, -0.15) is 0 Å². The highest BCUT2D eigenvalue weighted by atomic mass is 16.5. The highest BCUT2D eigenvalue weighted by Crippen LogP contribution is 2.39. The first-order valence-corrected chi connectivity index (χ1v) is 11.2. The van der Waals surface area contributed by atoms with Gasteiger partial charge in [0.25, 0.3) is 0 Å². The maximum atomic E-state index is 12.8. The summed E-state index contributed by atoms with van der Waals surface area (Å²) in [6, 6.07) is 6.71. The van der Waals surface area contributed by atoms with E-state index in [1.54, 1.807) is 17.9 Å². The number of carbonyl (C=O) groups is 3. The van der Waals surface area contributed by atoms with Crippen LogP contribution in [0.3, 0.4) is 0 Å². The van der Waals surface area contributed by atoms with Crippen molar-refractivity contribution in [2.75, 3.05) is 45.9 Å². The smallest absolute Gasteiger partial charge is 0.242 e. The number of morpholine rings is 1. The molecule has 0 aromatic heterocycles. The Hall–Kier alpha value is -2.45. The van der Waals surface area contributed by atoms with Gasteiger partial charge in [0.2, 0.25) is 11.8 Å². The molecule has 1 aromatic carbocycles. The predicted molar refractivity (Wildman–Crippen MR) is 114 cm³/mol. The SMILES string of the molecule is C[C@H](C(=O)NCCN1CCOCC1)N1CC[C@@]2(CCC1=O)CC(=O)c1ccccc1O2. The zero-order valence-corrected chi connectivity index (χ0v) is 18.1. The van der Waals surface area contributed by atoms with Gasteiger partial charge in [-0.15, -0.1) is 0 Å². The largest absolute Gasteiger partial charge is 0.486 e. The standard InChI is InChI=1S/C23H31N3O5/c1-17(22(29)24-9-11-25-12-14-30-15-13-25)26-10-8-23(7-6-21(26)28)16-19(27)18-4-2-3-5-20(18)31-23/h2-5,17H,6-16H2,1H3,(H,24,29)/t17-,23+/m1/s1. The van der Waals surface area contributed by atoms with E-state index in [0.717, 1.165) is 32.8 Å². The van der Waals surface area contributed by atoms with Crippen LogP contribution in [0, 0.1) is 0 Å². The molecule has 0 unspecified atom stereocenters. The molecule has 1 N–H and O–H groups in total. The Labute approximate surface area is 182 Å². The van der Waals surface area contributed by atoms with Crippen molar-refractivity contribution in [2.24, 2.45) is 0 Å². The van der Waals surface area contributed by atoms with E-state index in [4.69, 9.17) is 9.47 Å². The maximum absolute atomic E-state index is 12.8. The van der Waals surface area contributed by atoms with Gasteiger partial charge in [0.15, 0.2) is 5.78 Å². The first kappa shape index (κ1) is 21.8. The van der Waals surface area contributed by atoms with Gasteiger partial charge in [-0.25, -0.2) is 0 Å². The normalized spacial score (nSPS) is 25.5. The Kier molecular flexibility index (Phi) is 6.57. The molecule has 8 heteroatoms. The molecule has 31 heavy (non-hydrogen) atoms. The van der Waals surface area contributed by atoms with E-state index in [0.29, 0.717) is 37.2 Å². The van der Waals surface area contributed by atoms with Gasteiger partial charge in [-0.1, -0.05) is 12.1 Å². The predicted octanol–water partition coefficient (Wildman–Crippen LogP) is 1.24. The van der Waals surface area contributed by atoms with E-state index in [1.165, 1.54) is 0 Å². The van der Waals surface area contributed by atoms with Crippen molar-refractivity contribution in [2.45, 2.75) is 44.2 Å². The molecule has 2 amide bonds. The molecule has 2 saturated heterocycles. The van der Waals surface area contributed by atoms with Gasteiger partial charge >= 0.3 is 0 Å². The monoisotopic (exact) mass is 429 g/mol. The van der Waals surface area contributed by atoms with Crippen molar-refractivity contribution in [3.05, 3.63) is 29.8 Å². The van der Waals surface area contributed by atoms with Gasteiger partial charge in [0.05, 0.1) is 25.2 Å². The molecule has 1 spiro atoms. The first-order valence-electron chi connectivity index (χ1n) is 11.2. The molecule has 0 aliphatic carbocycles. The molecule has 0 bridgehead atoms. The highest BCUT2D eigenvalue weighted by molar-refractivity contribution is 6.00. The van der Waals surface area contributed by atoms with Gasteiger partial charge in [-0.3, -0.25) is 19.3 Å². The molecular weight excluding hydrogens is 398 g/mol. The van der Waals surface area contributed by atoms with Gasteiger partial charge in [0.1, 0.15) is 17.4 Å². The summed E-state index contributed by atoms with van der Waals surface area (Å²) in [4.78, 5) is 42.1. The Morgan fingerprint density at radius 2 is 1.94 bits per heavy atom. The number of amides is 2. The Balaban J connectivity index is 1.34. The lowest BCUT2D eigenvalue weighted by Gasteiger charge is -2.37. The van der Waals surface area contributed by atoms with Crippen LogP contribution in [0.5, 0.6) is 5.75 Å². The molecular formula is C23H31N3O5. The van der Waals surface area contributed by atoms with E-state index < -0.39 is 11.6 Å². The minimum absolute atomic E-state index is 0.0525. The van der Waals surface area contributed by atoms with Crippen LogP contribution in [-0.4, -0.2) is 85.0 Å². The fourth-order valence-electron chi connectivity index (χ4n) is 4.64. The molecule has 0 radical (unpaired) electrons. The molecule has 0 saturated carbocycles. The number of nitrogens with zero attached hydrogens (tertiary/aromatic N) is 2. The van der Waals surface area contributed by atoms with Crippen molar-refractivity contribution < 1.29 is 23.9 Å². The summed E-state index contributed by atoms with van der Waals surface area (Å²) in [5, 5.41) is 2.96. The van der Waals surface area contributed by atoms with E-state index in [1.807, 2.05) is 18.2 Å². The summed E-state index contributed by atoms with van der Waals surface area (Å²) in [6.07, 6.45) is 1.55. The molecule has 2 atom stereocenters. The molecule has 3 aliphatic heterocycles. The van der Waals surface area contributed by atoms with Crippen LogP contribution in [0.25, 0.3) is 0 Å². The second-order valence-electron chi connectivity index (χ2n) is 8.64. The van der Waals surface area contributed by atoms with Crippen LogP contribution in [0.15, 0.2) is 24.3 Å². The zero-order chi connectivity index (χ0) is 21.8. The highest BCUT2D eigenvalue weighted by Gasteiger charge is 2.44. The number of likely N-dealkylation sites (tertiary alicyclic amines) is 1. The average Bonchev–Trinajstić information content (AvgIpc) is 2.93. The topological polar surface area (TPSA) is 88.2 Å². The summed E-state index contributed by atoms with van der Waals surface area (Å²) in [6.45, 7) is 6.68. The zero-order valence-electron chi connectivity index (χ0n) is 18.1. The Morgan fingerprint density at radius 1 is 1.16 bits per heavy atom.